The summed E-state index contributed by atoms with van der Waals surface area (Å²) in [5.41, 5.74) is 0.558. The van der Waals surface area contributed by atoms with E-state index in [2.05, 4.69) is 5.16 Å². The highest BCUT2D eigenvalue weighted by Gasteiger charge is 2.42. The van der Waals surface area contributed by atoms with Crippen molar-refractivity contribution < 1.29 is 14.1 Å². The van der Waals surface area contributed by atoms with E-state index in [9.17, 15) is 4.79 Å². The summed E-state index contributed by atoms with van der Waals surface area (Å²) in [6, 6.07) is 3.77. The topological polar surface area (TPSA) is 73.4 Å². The van der Waals surface area contributed by atoms with Gasteiger partial charge in [0.1, 0.15) is 5.69 Å². The van der Waals surface area contributed by atoms with E-state index in [4.69, 9.17) is 14.2 Å². The lowest BCUT2D eigenvalue weighted by molar-refractivity contribution is 0.0607. The number of hydrogen-bond donors (Lipinski definition) is 0. The van der Waals surface area contributed by atoms with E-state index in [1.807, 2.05) is 34.8 Å². The van der Waals surface area contributed by atoms with Crippen molar-refractivity contribution in [3.63, 3.8) is 0 Å². The lowest BCUT2D eigenvalue weighted by atomic mass is 9.75. The molecule has 0 spiro atoms. The van der Waals surface area contributed by atoms with Crippen LogP contribution in [0.1, 0.15) is 60.2 Å². The number of carbonyl (C=O) groups is 1. The molecule has 0 aromatic carbocycles. The molecule has 140 valence electrons. The van der Waals surface area contributed by atoms with Crippen molar-refractivity contribution in [3.8, 4) is 0 Å². The van der Waals surface area contributed by atoms with Gasteiger partial charge in [0.05, 0.1) is 0 Å². The summed E-state index contributed by atoms with van der Waals surface area (Å²) < 4.78 is 12.7. The van der Waals surface area contributed by atoms with E-state index in [0.717, 1.165) is 49.5 Å². The van der Waals surface area contributed by atoms with Gasteiger partial charge in [0.15, 0.2) is 5.82 Å². The van der Waals surface area contributed by atoms with Gasteiger partial charge in [-0.15, -0.1) is 0 Å². The van der Waals surface area contributed by atoms with Gasteiger partial charge in [-0.05, 0) is 44.2 Å². The van der Waals surface area contributed by atoms with E-state index in [0.29, 0.717) is 25.6 Å². The number of ether oxygens (including phenoxy) is 1. The van der Waals surface area contributed by atoms with Crippen molar-refractivity contribution in [2.24, 2.45) is 7.05 Å². The summed E-state index contributed by atoms with van der Waals surface area (Å²) in [5.74, 6) is 2.11. The molecule has 1 amide bonds. The van der Waals surface area contributed by atoms with Crippen LogP contribution in [-0.2, 0) is 17.2 Å². The van der Waals surface area contributed by atoms with Gasteiger partial charge in [-0.3, -0.25) is 4.79 Å². The third-order valence-electron chi connectivity index (χ3n) is 5.80. The number of piperidine rings is 1. The fourth-order valence-electron chi connectivity index (χ4n) is 3.81. The predicted octanol–water partition coefficient (Wildman–Crippen LogP) is 2.50. The number of amides is 1. The molecular weight excluding hydrogens is 332 g/mol. The minimum atomic E-state index is -0.169. The van der Waals surface area contributed by atoms with Crippen molar-refractivity contribution >= 4 is 5.91 Å². The first-order valence-corrected chi connectivity index (χ1v) is 9.36. The highest BCUT2D eigenvalue weighted by atomic mass is 16.5. The van der Waals surface area contributed by atoms with Crippen molar-refractivity contribution in [1.82, 2.24) is 19.6 Å². The van der Waals surface area contributed by atoms with Crippen LogP contribution in [0.5, 0.6) is 0 Å². The zero-order chi connectivity index (χ0) is 18.1. The molecule has 26 heavy (non-hydrogen) atoms. The molecule has 0 atom stereocenters. The van der Waals surface area contributed by atoms with Gasteiger partial charge in [0, 0.05) is 51.4 Å². The molecule has 0 N–H and O–H groups in total. The predicted molar refractivity (Wildman–Crippen MR) is 95.0 cm³/mol. The average molecular weight is 358 g/mol. The molecule has 2 aromatic heterocycles. The normalized spacial score (nSPS) is 19.7. The van der Waals surface area contributed by atoms with Gasteiger partial charge in [-0.2, -0.15) is 4.98 Å². The van der Waals surface area contributed by atoms with Crippen LogP contribution < -0.4 is 0 Å². The average Bonchev–Trinajstić information content (AvgIpc) is 3.22. The first kappa shape index (κ1) is 17.3. The van der Waals surface area contributed by atoms with E-state index in [-0.39, 0.29) is 11.3 Å². The maximum Gasteiger partial charge on any atom is 0.270 e. The second-order valence-corrected chi connectivity index (χ2v) is 7.55. The van der Waals surface area contributed by atoms with Crippen LogP contribution in [0.3, 0.4) is 0 Å². The fraction of sp³-hybridized carbons (Fsp3) is 0.632. The van der Waals surface area contributed by atoms with Crippen molar-refractivity contribution in [2.45, 2.75) is 43.4 Å². The van der Waals surface area contributed by atoms with Gasteiger partial charge in [-0.25, -0.2) is 0 Å². The number of hydrogen-bond acceptors (Lipinski definition) is 5. The van der Waals surface area contributed by atoms with E-state index in [1.54, 1.807) is 7.11 Å². The maximum absolute atomic E-state index is 12.8. The Hall–Kier alpha value is -2.15. The Morgan fingerprint density at radius 2 is 2.15 bits per heavy atom. The Kier molecular flexibility index (Phi) is 4.56. The highest BCUT2D eigenvalue weighted by molar-refractivity contribution is 5.92. The molecule has 1 aliphatic heterocycles. The largest absolute Gasteiger partial charge is 0.385 e. The molecule has 1 aliphatic carbocycles. The summed E-state index contributed by atoms with van der Waals surface area (Å²) in [5, 5.41) is 4.31. The molecule has 1 saturated carbocycles. The fourth-order valence-corrected chi connectivity index (χ4v) is 3.81. The van der Waals surface area contributed by atoms with Crippen LogP contribution in [-0.4, -0.2) is 52.3 Å². The molecule has 7 nitrogen and oxygen atoms in total. The molecule has 0 unspecified atom stereocenters. The third-order valence-corrected chi connectivity index (χ3v) is 5.80. The summed E-state index contributed by atoms with van der Waals surface area (Å²) in [4.78, 5) is 19.4. The van der Waals surface area contributed by atoms with Gasteiger partial charge < -0.3 is 18.7 Å². The smallest absolute Gasteiger partial charge is 0.270 e. The lowest BCUT2D eigenvalue weighted by Crippen LogP contribution is -2.46. The van der Waals surface area contributed by atoms with Crippen molar-refractivity contribution in [1.29, 1.82) is 0 Å². The Balaban J connectivity index is 1.50. The number of aryl methyl sites for hydroxylation is 1. The van der Waals surface area contributed by atoms with Gasteiger partial charge in [-0.1, -0.05) is 5.16 Å². The lowest BCUT2D eigenvalue weighted by Gasteiger charge is -2.39. The Labute approximate surface area is 153 Å². The second kappa shape index (κ2) is 6.87. The van der Waals surface area contributed by atoms with Gasteiger partial charge in [0.25, 0.3) is 5.91 Å². The Bertz CT molecular complexity index is 769. The number of nitrogens with zero attached hydrogens (tertiary/aromatic N) is 4. The number of rotatable bonds is 6. The molecule has 1 saturated heterocycles. The molecule has 4 rings (SSSR count). The molecule has 7 heteroatoms. The molecule has 2 fully saturated rings. The molecule has 2 aromatic rings. The van der Waals surface area contributed by atoms with Gasteiger partial charge in [0.2, 0.25) is 5.89 Å². The molecule has 0 bridgehead atoms. The zero-order valence-electron chi connectivity index (χ0n) is 15.5. The minimum absolute atomic E-state index is 0.0876. The highest BCUT2D eigenvalue weighted by Crippen LogP contribution is 2.42. The first-order valence-electron chi connectivity index (χ1n) is 9.36. The van der Waals surface area contributed by atoms with Crippen LogP contribution in [0.25, 0.3) is 0 Å². The maximum atomic E-state index is 12.8. The van der Waals surface area contributed by atoms with Crippen LogP contribution in [0.2, 0.25) is 0 Å². The first-order chi connectivity index (χ1) is 12.6. The van der Waals surface area contributed by atoms with Crippen LogP contribution in [0.4, 0.5) is 0 Å². The molecule has 0 radical (unpaired) electrons. The van der Waals surface area contributed by atoms with E-state index in [1.165, 1.54) is 0 Å². The quantitative estimate of drug-likeness (QED) is 0.793. The Morgan fingerprint density at radius 1 is 1.38 bits per heavy atom. The molecule has 2 aliphatic rings. The summed E-state index contributed by atoms with van der Waals surface area (Å²) in [6.07, 6.45) is 6.70. The molecular formula is C19H26N4O3. The summed E-state index contributed by atoms with van der Waals surface area (Å²) in [6.45, 7) is 2.04. The zero-order valence-corrected chi connectivity index (χ0v) is 15.5. The third kappa shape index (κ3) is 3.16. The second-order valence-electron chi connectivity index (χ2n) is 7.55. The van der Waals surface area contributed by atoms with Crippen molar-refractivity contribution in [2.75, 3.05) is 26.8 Å². The van der Waals surface area contributed by atoms with Crippen LogP contribution >= 0.6 is 0 Å². The number of aromatic nitrogens is 3. The summed E-state index contributed by atoms with van der Waals surface area (Å²) >= 11 is 0. The summed E-state index contributed by atoms with van der Waals surface area (Å²) in [7, 11) is 3.62. The standard InChI is InChI=1S/C19H26N4O3/c1-22-10-3-4-15(22)17(24)23-11-7-19(8-12-23,9-13-25-2)18-20-16(26-21-18)14-5-6-14/h3-4,10,14H,5-9,11-13H2,1-2H3. The van der Waals surface area contributed by atoms with Crippen LogP contribution in [0.15, 0.2) is 22.9 Å². The van der Waals surface area contributed by atoms with Gasteiger partial charge >= 0.3 is 0 Å². The monoisotopic (exact) mass is 358 g/mol. The SMILES string of the molecule is COCCC1(c2noc(C3CC3)n2)CCN(C(=O)c2cccn2C)CC1. The van der Waals surface area contributed by atoms with E-state index >= 15 is 0 Å². The van der Waals surface area contributed by atoms with Crippen molar-refractivity contribution in [3.05, 3.63) is 35.7 Å². The minimum Gasteiger partial charge on any atom is -0.385 e. The number of likely N-dealkylation sites (tertiary alicyclic amines) is 1. The molecule has 3 heterocycles. The van der Waals surface area contributed by atoms with E-state index < -0.39 is 0 Å². The van der Waals surface area contributed by atoms with Crippen LogP contribution in [0, 0.1) is 0 Å². The number of carbonyl (C=O) groups excluding carboxylic acids is 1. The Morgan fingerprint density at radius 3 is 2.77 bits per heavy atom. The number of methoxy groups -OCH3 is 1.